The molecule has 2 heterocycles. The van der Waals surface area contributed by atoms with E-state index in [-0.39, 0.29) is 22.6 Å². The molecule has 1 aliphatic carbocycles. The zero-order valence-corrected chi connectivity index (χ0v) is 15.9. The van der Waals surface area contributed by atoms with E-state index >= 15 is 0 Å². The summed E-state index contributed by atoms with van der Waals surface area (Å²) in [6.07, 6.45) is 7.91. The number of amides is 1. The van der Waals surface area contributed by atoms with Crippen molar-refractivity contribution in [2.24, 2.45) is 5.92 Å². The molecular formula is C19H24N4O3S. The summed E-state index contributed by atoms with van der Waals surface area (Å²) in [7, 11) is -3.57. The Morgan fingerprint density at radius 1 is 1.19 bits per heavy atom. The van der Waals surface area contributed by atoms with Crippen molar-refractivity contribution in [3.63, 3.8) is 0 Å². The number of aromatic amines is 1. The van der Waals surface area contributed by atoms with Crippen LogP contribution < -0.4 is 5.32 Å². The Balaban J connectivity index is 1.44. The predicted octanol–water partition coefficient (Wildman–Crippen LogP) is 2.72. The van der Waals surface area contributed by atoms with Crippen molar-refractivity contribution in [3.05, 3.63) is 42.5 Å². The maximum Gasteiger partial charge on any atom is 0.243 e. The zero-order chi connectivity index (χ0) is 18.9. The second-order valence-electron chi connectivity index (χ2n) is 7.30. The summed E-state index contributed by atoms with van der Waals surface area (Å²) >= 11 is 0. The number of benzene rings is 1. The minimum absolute atomic E-state index is 0.0185. The van der Waals surface area contributed by atoms with Crippen LogP contribution in [0, 0.1) is 5.92 Å². The summed E-state index contributed by atoms with van der Waals surface area (Å²) in [5, 5.41) is 2.85. The van der Waals surface area contributed by atoms with E-state index in [9.17, 15) is 13.2 Å². The van der Waals surface area contributed by atoms with Crippen molar-refractivity contribution in [2.75, 3.05) is 18.4 Å². The molecule has 144 valence electrons. The molecule has 1 aromatic heterocycles. The highest BCUT2D eigenvalue weighted by Crippen LogP contribution is 2.30. The van der Waals surface area contributed by atoms with Crippen LogP contribution in [0.4, 0.5) is 5.69 Å². The summed E-state index contributed by atoms with van der Waals surface area (Å²) in [5.41, 5.74) is 0.540. The van der Waals surface area contributed by atoms with Crippen LogP contribution in [0.2, 0.25) is 0 Å². The highest BCUT2D eigenvalue weighted by Gasteiger charge is 2.31. The minimum atomic E-state index is -3.57. The third-order valence-corrected chi connectivity index (χ3v) is 7.47. The maximum atomic E-state index is 13.0. The molecule has 0 unspecified atom stereocenters. The van der Waals surface area contributed by atoms with Crippen molar-refractivity contribution < 1.29 is 13.2 Å². The topological polar surface area (TPSA) is 95.2 Å². The van der Waals surface area contributed by atoms with Crippen molar-refractivity contribution in [1.29, 1.82) is 0 Å². The molecule has 4 rings (SSSR count). The second kappa shape index (κ2) is 7.44. The summed E-state index contributed by atoms with van der Waals surface area (Å²) in [4.78, 5) is 19.8. The van der Waals surface area contributed by atoms with E-state index in [1.165, 1.54) is 4.31 Å². The lowest BCUT2D eigenvalue weighted by atomic mass is 9.85. The molecule has 2 aliphatic rings. The van der Waals surface area contributed by atoms with Crippen LogP contribution >= 0.6 is 0 Å². The molecule has 7 nitrogen and oxygen atoms in total. The molecule has 0 spiro atoms. The molecule has 1 aromatic carbocycles. The number of imidazole rings is 1. The summed E-state index contributed by atoms with van der Waals surface area (Å²) in [6.45, 7) is 0.929. The minimum Gasteiger partial charge on any atom is -0.348 e. The largest absolute Gasteiger partial charge is 0.348 e. The lowest BCUT2D eigenvalue weighted by Crippen LogP contribution is -2.38. The molecule has 27 heavy (non-hydrogen) atoms. The first kappa shape index (κ1) is 18.2. The van der Waals surface area contributed by atoms with Crippen molar-refractivity contribution in [1.82, 2.24) is 14.3 Å². The Hall–Kier alpha value is -2.19. The van der Waals surface area contributed by atoms with Gasteiger partial charge in [0.15, 0.2) is 0 Å². The Kier molecular flexibility index (Phi) is 5.01. The average Bonchev–Trinajstić information content (AvgIpc) is 3.15. The fourth-order valence-corrected chi connectivity index (χ4v) is 5.18. The fourth-order valence-electron chi connectivity index (χ4n) is 3.67. The molecule has 0 radical (unpaired) electrons. The quantitative estimate of drug-likeness (QED) is 0.823. The van der Waals surface area contributed by atoms with E-state index in [0.29, 0.717) is 18.8 Å². The van der Waals surface area contributed by atoms with Crippen molar-refractivity contribution in [2.45, 2.75) is 42.9 Å². The van der Waals surface area contributed by atoms with Crippen LogP contribution in [0.25, 0.3) is 0 Å². The SMILES string of the molecule is O=C(Nc1cccc(S(=O)(=O)N2CCC(c3ncc[nH]3)CC2)c1)C1CCC1. The molecule has 0 bridgehead atoms. The number of piperidine rings is 1. The summed E-state index contributed by atoms with van der Waals surface area (Å²) in [6, 6.07) is 6.56. The van der Waals surface area contributed by atoms with Crippen molar-refractivity contribution >= 4 is 21.6 Å². The van der Waals surface area contributed by atoms with Gasteiger partial charge in [-0.15, -0.1) is 0 Å². The molecule has 2 fully saturated rings. The Morgan fingerprint density at radius 3 is 2.59 bits per heavy atom. The third kappa shape index (κ3) is 3.77. The van der Waals surface area contributed by atoms with Gasteiger partial charge in [0.2, 0.25) is 15.9 Å². The monoisotopic (exact) mass is 388 g/mol. The van der Waals surface area contributed by atoms with Gasteiger partial charge in [-0.2, -0.15) is 4.31 Å². The summed E-state index contributed by atoms with van der Waals surface area (Å²) < 4.78 is 27.5. The molecule has 1 aliphatic heterocycles. The van der Waals surface area contributed by atoms with Crippen LogP contribution in [0.15, 0.2) is 41.6 Å². The van der Waals surface area contributed by atoms with Gasteiger partial charge in [0.05, 0.1) is 4.90 Å². The van der Waals surface area contributed by atoms with Gasteiger partial charge in [0.25, 0.3) is 0 Å². The predicted molar refractivity (Wildman–Crippen MR) is 102 cm³/mol. The first-order valence-electron chi connectivity index (χ1n) is 9.44. The molecule has 1 amide bonds. The fraction of sp³-hybridized carbons (Fsp3) is 0.474. The molecule has 0 atom stereocenters. The highest BCUT2D eigenvalue weighted by atomic mass is 32.2. The lowest BCUT2D eigenvalue weighted by molar-refractivity contribution is -0.122. The highest BCUT2D eigenvalue weighted by molar-refractivity contribution is 7.89. The van der Waals surface area contributed by atoms with Crippen LogP contribution in [0.5, 0.6) is 0 Å². The van der Waals surface area contributed by atoms with Gasteiger partial charge in [-0.3, -0.25) is 4.79 Å². The van der Waals surface area contributed by atoms with E-state index in [2.05, 4.69) is 15.3 Å². The van der Waals surface area contributed by atoms with Crippen LogP contribution in [0.1, 0.15) is 43.8 Å². The molecule has 1 saturated carbocycles. The number of H-pyrrole nitrogens is 1. The van der Waals surface area contributed by atoms with E-state index in [4.69, 9.17) is 0 Å². The van der Waals surface area contributed by atoms with E-state index < -0.39 is 10.0 Å². The van der Waals surface area contributed by atoms with Crippen LogP contribution in [-0.2, 0) is 14.8 Å². The standard InChI is InChI=1S/C19H24N4O3S/c24-19(15-3-1-4-15)22-16-5-2-6-17(13-16)27(25,26)23-11-7-14(8-12-23)18-20-9-10-21-18/h2,5-6,9-10,13-15H,1,3-4,7-8,11-12H2,(H,20,21)(H,22,24). The molecule has 1 saturated heterocycles. The van der Waals surface area contributed by atoms with E-state index in [1.807, 2.05) is 0 Å². The smallest absolute Gasteiger partial charge is 0.243 e. The van der Waals surface area contributed by atoms with Gasteiger partial charge >= 0.3 is 0 Å². The average molecular weight is 388 g/mol. The molecule has 2 aromatic rings. The number of aromatic nitrogens is 2. The number of nitrogens with zero attached hydrogens (tertiary/aromatic N) is 2. The Bertz CT molecular complexity index is 899. The van der Waals surface area contributed by atoms with E-state index in [1.54, 1.807) is 36.7 Å². The van der Waals surface area contributed by atoms with Crippen LogP contribution in [0.3, 0.4) is 0 Å². The van der Waals surface area contributed by atoms with Gasteiger partial charge < -0.3 is 10.3 Å². The van der Waals surface area contributed by atoms with Gasteiger partial charge in [-0.25, -0.2) is 13.4 Å². The van der Waals surface area contributed by atoms with Crippen LogP contribution in [-0.4, -0.2) is 41.7 Å². The van der Waals surface area contributed by atoms with Crippen molar-refractivity contribution in [3.8, 4) is 0 Å². The van der Waals surface area contributed by atoms with Gasteiger partial charge in [-0.1, -0.05) is 12.5 Å². The van der Waals surface area contributed by atoms with Gasteiger partial charge in [-0.05, 0) is 43.9 Å². The Labute approximate surface area is 159 Å². The maximum absolute atomic E-state index is 13.0. The number of hydrogen-bond donors (Lipinski definition) is 2. The Morgan fingerprint density at radius 2 is 1.96 bits per heavy atom. The van der Waals surface area contributed by atoms with Gasteiger partial charge in [0, 0.05) is 43.0 Å². The molecule has 2 N–H and O–H groups in total. The number of nitrogens with one attached hydrogen (secondary N) is 2. The number of sulfonamides is 1. The van der Waals surface area contributed by atoms with Gasteiger partial charge in [0.1, 0.15) is 5.82 Å². The number of anilines is 1. The molecule has 8 heteroatoms. The second-order valence-corrected chi connectivity index (χ2v) is 9.24. The normalized spacial score (nSPS) is 19.6. The summed E-state index contributed by atoms with van der Waals surface area (Å²) in [5.74, 6) is 1.23. The first-order chi connectivity index (χ1) is 13.0. The van der Waals surface area contributed by atoms with E-state index in [0.717, 1.165) is 37.9 Å². The molecular weight excluding hydrogens is 364 g/mol. The number of carbonyl (C=O) groups is 1. The third-order valence-electron chi connectivity index (χ3n) is 5.58. The first-order valence-corrected chi connectivity index (χ1v) is 10.9. The zero-order valence-electron chi connectivity index (χ0n) is 15.1. The number of rotatable bonds is 5. The number of hydrogen-bond acceptors (Lipinski definition) is 4. The lowest BCUT2D eigenvalue weighted by Gasteiger charge is -2.30. The number of carbonyl (C=O) groups excluding carboxylic acids is 1.